The van der Waals surface area contributed by atoms with Crippen LogP contribution in [0.2, 0.25) is 0 Å². The summed E-state index contributed by atoms with van der Waals surface area (Å²) in [6.07, 6.45) is -3.71. The highest BCUT2D eigenvalue weighted by Gasteiger charge is 2.37. The van der Waals surface area contributed by atoms with Gasteiger partial charge in [-0.3, -0.25) is 14.5 Å². The minimum absolute atomic E-state index is 0.255. The molecule has 1 heterocycles. The molecule has 0 saturated carbocycles. The lowest BCUT2D eigenvalue weighted by Crippen LogP contribution is -2.44. The summed E-state index contributed by atoms with van der Waals surface area (Å²) in [4.78, 5) is 26.6. The summed E-state index contributed by atoms with van der Waals surface area (Å²) in [7, 11) is 0. The maximum absolute atomic E-state index is 12.6. The average molecular weight is 360 g/mol. The van der Waals surface area contributed by atoms with Gasteiger partial charge in [0.05, 0.1) is 12.6 Å². The first kappa shape index (κ1) is 19.0. The topological polar surface area (TPSA) is 70.1 Å². The van der Waals surface area contributed by atoms with Crippen LogP contribution in [0.3, 0.4) is 0 Å². The second-order valence-electron chi connectivity index (χ2n) is 5.70. The molecule has 0 aliphatic carbocycles. The number of alkyl halides is 3. The molecule has 1 amide bonds. The third-order valence-electron chi connectivity index (χ3n) is 3.83. The highest BCUT2D eigenvalue weighted by atomic mass is 19.4. The molecule has 9 heteroatoms. The van der Waals surface area contributed by atoms with Gasteiger partial charge >= 0.3 is 12.3 Å². The Hall–Kier alpha value is -2.29. The number of ether oxygens (including phenoxy) is 1. The number of aliphatic carboxylic acids is 1. The van der Waals surface area contributed by atoms with E-state index in [-0.39, 0.29) is 12.5 Å². The maximum Gasteiger partial charge on any atom is 0.573 e. The third kappa shape index (κ3) is 5.09. The fourth-order valence-corrected chi connectivity index (χ4v) is 2.91. The van der Waals surface area contributed by atoms with Crippen LogP contribution in [0.5, 0.6) is 5.75 Å². The van der Waals surface area contributed by atoms with Crippen molar-refractivity contribution in [3.8, 4) is 5.75 Å². The van der Waals surface area contributed by atoms with Crippen LogP contribution in [0.25, 0.3) is 0 Å². The Labute approximate surface area is 142 Å². The zero-order valence-electron chi connectivity index (χ0n) is 13.6. The maximum atomic E-state index is 12.6. The quantitative estimate of drug-likeness (QED) is 0.809. The number of amides is 1. The van der Waals surface area contributed by atoms with Gasteiger partial charge in [-0.05, 0) is 31.5 Å². The molecule has 0 radical (unpaired) electrons. The number of halogens is 3. The van der Waals surface area contributed by atoms with Crippen LogP contribution >= 0.6 is 0 Å². The van der Waals surface area contributed by atoms with E-state index in [0.29, 0.717) is 31.6 Å². The third-order valence-corrected chi connectivity index (χ3v) is 3.83. The van der Waals surface area contributed by atoms with Gasteiger partial charge in [-0.2, -0.15) is 0 Å². The van der Waals surface area contributed by atoms with Gasteiger partial charge in [0.25, 0.3) is 0 Å². The fraction of sp³-hybridized carbons (Fsp3) is 0.500. The smallest absolute Gasteiger partial charge is 0.480 e. The largest absolute Gasteiger partial charge is 0.573 e. The van der Waals surface area contributed by atoms with E-state index in [9.17, 15) is 22.8 Å². The van der Waals surface area contributed by atoms with Crippen molar-refractivity contribution in [2.45, 2.75) is 32.2 Å². The predicted molar refractivity (Wildman–Crippen MR) is 83.4 cm³/mol. The predicted octanol–water partition coefficient (Wildman–Crippen LogP) is 2.49. The zero-order chi connectivity index (χ0) is 18.6. The van der Waals surface area contributed by atoms with Gasteiger partial charge in [-0.1, -0.05) is 13.0 Å². The summed E-state index contributed by atoms with van der Waals surface area (Å²) in [6.45, 7) is 2.38. The molecule has 6 nitrogen and oxygen atoms in total. The molecule has 1 fully saturated rings. The molecular formula is C16H19F3N2O4. The van der Waals surface area contributed by atoms with E-state index in [2.05, 4.69) is 4.74 Å². The van der Waals surface area contributed by atoms with E-state index in [0.717, 1.165) is 12.1 Å². The molecule has 1 N–H and O–H groups in total. The summed E-state index contributed by atoms with van der Waals surface area (Å²) in [5.74, 6) is -1.75. The first-order valence-electron chi connectivity index (χ1n) is 7.84. The number of hydrogen-bond donors (Lipinski definition) is 1. The van der Waals surface area contributed by atoms with Crippen molar-refractivity contribution in [3.63, 3.8) is 0 Å². The van der Waals surface area contributed by atoms with Crippen LogP contribution in [-0.4, -0.2) is 53.9 Å². The van der Waals surface area contributed by atoms with Crippen molar-refractivity contribution < 1.29 is 32.6 Å². The summed E-state index contributed by atoms with van der Waals surface area (Å²) >= 11 is 0. The Bertz CT molecular complexity index is 636. The number of carbonyl (C=O) groups is 2. The molecule has 1 atom stereocenters. The van der Waals surface area contributed by atoms with E-state index in [1.54, 1.807) is 4.90 Å². The Balaban J connectivity index is 2.15. The molecule has 0 bridgehead atoms. The van der Waals surface area contributed by atoms with Crippen LogP contribution in [-0.2, 0) is 9.59 Å². The number of carbonyl (C=O) groups excluding carboxylic acids is 1. The average Bonchev–Trinajstić information content (AvgIpc) is 2.86. The van der Waals surface area contributed by atoms with E-state index in [4.69, 9.17) is 5.11 Å². The summed E-state index contributed by atoms with van der Waals surface area (Å²) in [5.41, 5.74) is 0.293. The monoisotopic (exact) mass is 360 g/mol. The first-order chi connectivity index (χ1) is 11.7. The van der Waals surface area contributed by atoms with Crippen LogP contribution in [0.4, 0.5) is 18.9 Å². The number of nitrogens with zero attached hydrogens (tertiary/aromatic N) is 2. The van der Waals surface area contributed by atoms with E-state index >= 15 is 0 Å². The zero-order valence-corrected chi connectivity index (χ0v) is 13.6. The Morgan fingerprint density at radius 3 is 2.76 bits per heavy atom. The lowest BCUT2D eigenvalue weighted by Gasteiger charge is -2.26. The molecule has 0 spiro atoms. The van der Waals surface area contributed by atoms with Crippen molar-refractivity contribution in [1.29, 1.82) is 0 Å². The number of benzene rings is 1. The summed E-state index contributed by atoms with van der Waals surface area (Å²) in [5, 5.41) is 8.99. The van der Waals surface area contributed by atoms with Gasteiger partial charge in [0, 0.05) is 18.3 Å². The van der Waals surface area contributed by atoms with E-state index < -0.39 is 24.1 Å². The number of carboxylic acids is 1. The Morgan fingerprint density at radius 2 is 2.16 bits per heavy atom. The molecule has 1 aromatic carbocycles. The van der Waals surface area contributed by atoms with E-state index in [1.165, 1.54) is 17.0 Å². The Morgan fingerprint density at radius 1 is 1.44 bits per heavy atom. The van der Waals surface area contributed by atoms with Gasteiger partial charge in [0.1, 0.15) is 5.75 Å². The molecule has 1 saturated heterocycles. The number of anilines is 1. The standard InChI is InChI=1S/C16H19F3N2O4/c1-2-7-20(10-14(22)23)13-6-8-21(15(13)24)11-4-3-5-12(9-11)25-16(17,18)19/h3-5,9,13H,2,6-8,10H2,1H3,(H,22,23). The van der Waals surface area contributed by atoms with Gasteiger partial charge in [-0.25, -0.2) is 0 Å². The van der Waals surface area contributed by atoms with Crippen LogP contribution in [0.15, 0.2) is 24.3 Å². The molecule has 0 aromatic heterocycles. The van der Waals surface area contributed by atoms with Crippen LogP contribution in [0.1, 0.15) is 19.8 Å². The molecular weight excluding hydrogens is 341 g/mol. The molecule has 1 aliphatic heterocycles. The van der Waals surface area contributed by atoms with Gasteiger partial charge < -0.3 is 14.7 Å². The summed E-state index contributed by atoms with van der Waals surface area (Å²) in [6, 6.07) is 4.60. The molecule has 138 valence electrons. The SMILES string of the molecule is CCCN(CC(=O)O)C1CCN(c2cccc(OC(F)(F)F)c2)C1=O. The molecule has 2 rings (SSSR count). The normalized spacial score (nSPS) is 18.0. The van der Waals surface area contributed by atoms with Crippen molar-refractivity contribution in [2.75, 3.05) is 24.5 Å². The molecule has 1 unspecified atom stereocenters. The Kier molecular flexibility index (Phi) is 5.89. The van der Waals surface area contributed by atoms with Crippen molar-refractivity contribution in [1.82, 2.24) is 4.90 Å². The highest BCUT2D eigenvalue weighted by Crippen LogP contribution is 2.30. The molecule has 25 heavy (non-hydrogen) atoms. The van der Waals surface area contributed by atoms with Gasteiger partial charge in [0.15, 0.2) is 0 Å². The molecule has 1 aromatic rings. The first-order valence-corrected chi connectivity index (χ1v) is 7.84. The minimum atomic E-state index is -4.81. The molecule has 1 aliphatic rings. The van der Waals surface area contributed by atoms with Crippen molar-refractivity contribution in [3.05, 3.63) is 24.3 Å². The summed E-state index contributed by atoms with van der Waals surface area (Å²) < 4.78 is 40.9. The van der Waals surface area contributed by atoms with Crippen LogP contribution < -0.4 is 9.64 Å². The van der Waals surface area contributed by atoms with Crippen molar-refractivity contribution in [2.24, 2.45) is 0 Å². The number of hydrogen-bond acceptors (Lipinski definition) is 4. The van der Waals surface area contributed by atoms with Gasteiger partial charge in [0.2, 0.25) is 5.91 Å². The second kappa shape index (κ2) is 7.73. The number of rotatable bonds is 7. The van der Waals surface area contributed by atoms with Gasteiger partial charge in [-0.15, -0.1) is 13.2 Å². The number of carboxylic acid groups (broad SMARTS) is 1. The highest BCUT2D eigenvalue weighted by molar-refractivity contribution is 5.99. The van der Waals surface area contributed by atoms with Crippen molar-refractivity contribution >= 4 is 17.6 Å². The minimum Gasteiger partial charge on any atom is -0.480 e. The lowest BCUT2D eigenvalue weighted by molar-refractivity contribution is -0.274. The van der Waals surface area contributed by atoms with E-state index in [1.807, 2.05) is 6.92 Å². The lowest BCUT2D eigenvalue weighted by atomic mass is 10.2. The van der Waals surface area contributed by atoms with Crippen LogP contribution in [0, 0.1) is 0 Å². The fourth-order valence-electron chi connectivity index (χ4n) is 2.91. The second-order valence-corrected chi connectivity index (χ2v) is 5.70.